The van der Waals surface area contributed by atoms with E-state index in [4.69, 9.17) is 4.74 Å². The number of carbonyl (C=O) groups is 1. The summed E-state index contributed by atoms with van der Waals surface area (Å²) in [7, 11) is 1.48. The highest BCUT2D eigenvalue weighted by atomic mass is 16.5. The lowest BCUT2D eigenvalue weighted by Crippen LogP contribution is -2.24. The van der Waals surface area contributed by atoms with Gasteiger partial charge < -0.3 is 14.7 Å². The molecule has 6 nitrogen and oxygen atoms in total. The van der Waals surface area contributed by atoms with Crippen LogP contribution in [0.2, 0.25) is 0 Å². The van der Waals surface area contributed by atoms with Crippen LogP contribution in [0.1, 0.15) is 28.8 Å². The van der Waals surface area contributed by atoms with E-state index < -0.39 is 0 Å². The number of hydrazone groups is 1. The van der Waals surface area contributed by atoms with Crippen LogP contribution in [-0.2, 0) is 0 Å². The maximum absolute atomic E-state index is 12.5. The van der Waals surface area contributed by atoms with Crippen molar-refractivity contribution in [3.05, 3.63) is 53.6 Å². The number of hydrogen-bond donors (Lipinski definition) is 2. The van der Waals surface area contributed by atoms with Crippen LogP contribution in [0.15, 0.2) is 47.6 Å². The second kappa shape index (κ2) is 7.70. The zero-order chi connectivity index (χ0) is 17.6. The number of nitrogens with zero attached hydrogens (tertiary/aromatic N) is 2. The fourth-order valence-corrected chi connectivity index (χ4v) is 2.93. The van der Waals surface area contributed by atoms with Gasteiger partial charge in [-0.25, -0.2) is 5.43 Å². The van der Waals surface area contributed by atoms with Gasteiger partial charge in [-0.2, -0.15) is 5.10 Å². The highest BCUT2D eigenvalue weighted by Crippen LogP contribution is 2.28. The van der Waals surface area contributed by atoms with Crippen LogP contribution in [0, 0.1) is 0 Å². The number of rotatable bonds is 5. The topological polar surface area (TPSA) is 74.2 Å². The Morgan fingerprint density at radius 2 is 1.96 bits per heavy atom. The largest absolute Gasteiger partial charge is 0.504 e. The van der Waals surface area contributed by atoms with E-state index in [1.807, 2.05) is 18.2 Å². The van der Waals surface area contributed by atoms with Gasteiger partial charge in [0.25, 0.3) is 5.91 Å². The normalized spacial score (nSPS) is 14.0. The van der Waals surface area contributed by atoms with E-state index in [0.29, 0.717) is 16.9 Å². The zero-order valence-corrected chi connectivity index (χ0v) is 14.1. The molecular formula is C19H21N3O3. The van der Waals surface area contributed by atoms with Crippen molar-refractivity contribution in [1.29, 1.82) is 0 Å². The van der Waals surface area contributed by atoms with Crippen LogP contribution in [0.3, 0.4) is 0 Å². The third-order valence-corrected chi connectivity index (χ3v) is 4.22. The minimum Gasteiger partial charge on any atom is -0.504 e. The SMILES string of the molecule is COc1cccc(/C=N/NC(=O)c2ccccc2N2CCCC2)c1O. The molecule has 1 aliphatic heterocycles. The fourth-order valence-electron chi connectivity index (χ4n) is 2.93. The average molecular weight is 339 g/mol. The number of amides is 1. The molecule has 0 spiro atoms. The molecule has 3 rings (SSSR count). The van der Waals surface area contributed by atoms with Gasteiger partial charge in [0.15, 0.2) is 11.5 Å². The summed E-state index contributed by atoms with van der Waals surface area (Å²) in [6, 6.07) is 12.6. The van der Waals surface area contributed by atoms with Gasteiger partial charge in [0.2, 0.25) is 0 Å². The van der Waals surface area contributed by atoms with E-state index >= 15 is 0 Å². The molecule has 0 radical (unpaired) electrons. The molecule has 0 aromatic heterocycles. The van der Waals surface area contributed by atoms with Crippen molar-refractivity contribution < 1.29 is 14.6 Å². The molecule has 6 heteroatoms. The fraction of sp³-hybridized carbons (Fsp3) is 0.263. The number of hydrogen-bond acceptors (Lipinski definition) is 5. The molecule has 1 fully saturated rings. The lowest BCUT2D eigenvalue weighted by atomic mass is 10.1. The van der Waals surface area contributed by atoms with Crippen LogP contribution in [0.25, 0.3) is 0 Å². The number of aromatic hydroxyl groups is 1. The smallest absolute Gasteiger partial charge is 0.273 e. The van der Waals surface area contributed by atoms with E-state index in [1.165, 1.54) is 13.3 Å². The summed E-state index contributed by atoms with van der Waals surface area (Å²) in [5.41, 5.74) is 4.51. The van der Waals surface area contributed by atoms with E-state index in [-0.39, 0.29) is 11.7 Å². The van der Waals surface area contributed by atoms with Gasteiger partial charge in [-0.15, -0.1) is 0 Å². The molecule has 0 aliphatic carbocycles. The number of benzene rings is 2. The first-order chi connectivity index (χ1) is 12.2. The Morgan fingerprint density at radius 1 is 1.20 bits per heavy atom. The number of para-hydroxylation sites is 2. The van der Waals surface area contributed by atoms with Crippen LogP contribution in [-0.4, -0.2) is 37.4 Å². The van der Waals surface area contributed by atoms with Gasteiger partial charge in [0.1, 0.15) is 0 Å². The van der Waals surface area contributed by atoms with Crippen molar-refractivity contribution in [1.82, 2.24) is 5.43 Å². The third-order valence-electron chi connectivity index (χ3n) is 4.22. The maximum Gasteiger partial charge on any atom is 0.273 e. The molecule has 2 aromatic rings. The van der Waals surface area contributed by atoms with Crippen LogP contribution >= 0.6 is 0 Å². The average Bonchev–Trinajstić information content (AvgIpc) is 3.17. The third kappa shape index (κ3) is 3.74. The first kappa shape index (κ1) is 16.8. The number of anilines is 1. The molecule has 1 heterocycles. The Kier molecular flexibility index (Phi) is 5.18. The molecule has 1 aliphatic rings. The van der Waals surface area contributed by atoms with Crippen molar-refractivity contribution in [2.24, 2.45) is 5.10 Å². The summed E-state index contributed by atoms with van der Waals surface area (Å²) in [6.45, 7) is 1.93. The quantitative estimate of drug-likeness (QED) is 0.649. The number of phenols is 1. The van der Waals surface area contributed by atoms with E-state index in [0.717, 1.165) is 31.6 Å². The monoisotopic (exact) mass is 339 g/mol. The van der Waals surface area contributed by atoms with Gasteiger partial charge >= 0.3 is 0 Å². The Labute approximate surface area is 146 Å². The summed E-state index contributed by atoms with van der Waals surface area (Å²) in [5, 5.41) is 14.0. The van der Waals surface area contributed by atoms with E-state index in [2.05, 4.69) is 15.4 Å². The molecule has 2 aromatic carbocycles. The maximum atomic E-state index is 12.5. The van der Waals surface area contributed by atoms with Crippen molar-refractivity contribution in [3.63, 3.8) is 0 Å². The van der Waals surface area contributed by atoms with Gasteiger partial charge in [0, 0.05) is 24.3 Å². The van der Waals surface area contributed by atoms with Crippen LogP contribution < -0.4 is 15.1 Å². The Morgan fingerprint density at radius 3 is 2.72 bits per heavy atom. The molecule has 0 bridgehead atoms. The second-order valence-corrected chi connectivity index (χ2v) is 5.81. The molecule has 1 saturated heterocycles. The predicted molar refractivity (Wildman–Crippen MR) is 97.6 cm³/mol. The minimum absolute atomic E-state index is 0.0135. The zero-order valence-electron chi connectivity index (χ0n) is 14.1. The lowest BCUT2D eigenvalue weighted by molar-refractivity contribution is 0.0955. The van der Waals surface area contributed by atoms with Gasteiger partial charge in [-0.05, 0) is 37.1 Å². The van der Waals surface area contributed by atoms with Gasteiger partial charge in [-0.1, -0.05) is 18.2 Å². The number of carbonyl (C=O) groups excluding carboxylic acids is 1. The summed E-state index contributed by atoms with van der Waals surface area (Å²) in [6.07, 6.45) is 3.68. The van der Waals surface area contributed by atoms with Crippen molar-refractivity contribution in [3.8, 4) is 11.5 Å². The highest BCUT2D eigenvalue weighted by molar-refractivity contribution is 6.00. The Hall–Kier alpha value is -3.02. The van der Waals surface area contributed by atoms with E-state index in [9.17, 15) is 9.90 Å². The molecule has 25 heavy (non-hydrogen) atoms. The molecule has 130 valence electrons. The van der Waals surface area contributed by atoms with Gasteiger partial charge in [-0.3, -0.25) is 4.79 Å². The summed E-state index contributed by atoms with van der Waals surface area (Å²) >= 11 is 0. The summed E-state index contributed by atoms with van der Waals surface area (Å²) < 4.78 is 5.05. The molecule has 0 atom stereocenters. The number of nitrogens with one attached hydrogen (secondary N) is 1. The molecule has 0 unspecified atom stereocenters. The molecule has 2 N–H and O–H groups in total. The summed E-state index contributed by atoms with van der Waals surface area (Å²) in [4.78, 5) is 14.7. The standard InChI is InChI=1S/C19H21N3O3/c1-25-17-10-6-7-14(18(17)23)13-20-21-19(24)15-8-2-3-9-16(15)22-11-4-5-12-22/h2-3,6-10,13,23H,4-5,11-12H2,1H3,(H,21,24)/b20-13+. The van der Waals surface area contributed by atoms with Crippen molar-refractivity contribution in [2.75, 3.05) is 25.1 Å². The molecular weight excluding hydrogens is 318 g/mol. The number of methoxy groups -OCH3 is 1. The summed E-state index contributed by atoms with van der Waals surface area (Å²) in [5.74, 6) is 0.0660. The Bertz CT molecular complexity index is 783. The first-order valence-electron chi connectivity index (χ1n) is 8.24. The highest BCUT2D eigenvalue weighted by Gasteiger charge is 2.18. The molecule has 0 saturated carbocycles. The lowest BCUT2D eigenvalue weighted by Gasteiger charge is -2.20. The second-order valence-electron chi connectivity index (χ2n) is 5.81. The van der Waals surface area contributed by atoms with Gasteiger partial charge in [0.05, 0.1) is 18.9 Å². The molecule has 1 amide bonds. The van der Waals surface area contributed by atoms with Crippen LogP contribution in [0.4, 0.5) is 5.69 Å². The van der Waals surface area contributed by atoms with E-state index in [1.54, 1.807) is 24.3 Å². The van der Waals surface area contributed by atoms with Crippen LogP contribution in [0.5, 0.6) is 11.5 Å². The first-order valence-corrected chi connectivity index (χ1v) is 8.24. The number of ether oxygens (including phenoxy) is 1. The van der Waals surface area contributed by atoms with Crippen molar-refractivity contribution in [2.45, 2.75) is 12.8 Å². The minimum atomic E-state index is -0.277. The predicted octanol–water partition coefficient (Wildman–Crippen LogP) is 2.76. The van der Waals surface area contributed by atoms with Crippen molar-refractivity contribution >= 4 is 17.8 Å². The Balaban J connectivity index is 1.73. The number of phenolic OH excluding ortho intramolecular Hbond substituents is 1.